The minimum atomic E-state index is -0.968. The van der Waals surface area contributed by atoms with Gasteiger partial charge in [-0.15, -0.1) is 0 Å². The second-order valence-corrected chi connectivity index (χ2v) is 9.83. The van der Waals surface area contributed by atoms with Crippen LogP contribution in [0.25, 0.3) is 0 Å². The number of benzene rings is 3. The minimum absolute atomic E-state index is 0.161. The lowest BCUT2D eigenvalue weighted by Gasteiger charge is -2.30. The summed E-state index contributed by atoms with van der Waals surface area (Å²) in [6.07, 6.45) is 1.40. The second kappa shape index (κ2) is 10.5. The molecule has 10 nitrogen and oxygen atoms in total. The Hall–Kier alpha value is -5.25. The number of aromatic nitrogens is 2. The number of hydrogen-bond donors (Lipinski definition) is 3. The van der Waals surface area contributed by atoms with E-state index in [1.54, 1.807) is 31.2 Å². The predicted octanol–water partition coefficient (Wildman–Crippen LogP) is 5.90. The monoisotopic (exact) mass is 536 g/mol. The molecule has 202 valence electrons. The van der Waals surface area contributed by atoms with Gasteiger partial charge in [0.15, 0.2) is 0 Å². The van der Waals surface area contributed by atoms with Crippen molar-refractivity contribution in [2.75, 3.05) is 16.0 Å². The van der Waals surface area contributed by atoms with E-state index in [9.17, 15) is 19.7 Å². The van der Waals surface area contributed by atoms with E-state index in [4.69, 9.17) is 0 Å². The molecule has 0 aliphatic carbocycles. The summed E-state index contributed by atoms with van der Waals surface area (Å²) in [5.74, 6) is -0.516. The van der Waals surface area contributed by atoms with Gasteiger partial charge in [0, 0.05) is 23.1 Å². The first-order valence-corrected chi connectivity index (χ1v) is 12.7. The molecule has 0 unspecified atom stereocenters. The number of anilines is 3. The third-order valence-electron chi connectivity index (χ3n) is 6.85. The minimum Gasteiger partial charge on any atom is -0.343 e. The summed E-state index contributed by atoms with van der Waals surface area (Å²) in [5, 5.41) is 25.5. The fourth-order valence-corrected chi connectivity index (χ4v) is 4.95. The van der Waals surface area contributed by atoms with Gasteiger partial charge in [0.2, 0.25) is 0 Å². The Morgan fingerprint density at radius 2 is 1.68 bits per heavy atom. The van der Waals surface area contributed by atoms with Crippen molar-refractivity contribution in [1.82, 2.24) is 9.78 Å². The van der Waals surface area contributed by atoms with E-state index in [0.29, 0.717) is 22.9 Å². The zero-order chi connectivity index (χ0) is 28.6. The van der Waals surface area contributed by atoms with Crippen LogP contribution in [0.15, 0.2) is 84.2 Å². The lowest BCUT2D eigenvalue weighted by Crippen LogP contribution is -2.32. The summed E-state index contributed by atoms with van der Waals surface area (Å²) < 4.78 is 1.46. The maximum atomic E-state index is 13.8. The zero-order valence-electron chi connectivity index (χ0n) is 22.5. The third kappa shape index (κ3) is 4.94. The molecular formula is C30H28N6O4. The molecule has 0 fully saturated rings. The predicted molar refractivity (Wildman–Crippen MR) is 153 cm³/mol. The molecule has 0 saturated heterocycles. The van der Waals surface area contributed by atoms with E-state index >= 15 is 0 Å². The molecule has 0 saturated carbocycles. The number of rotatable bonds is 6. The topological polar surface area (TPSA) is 131 Å². The van der Waals surface area contributed by atoms with Crippen LogP contribution in [0.1, 0.15) is 45.6 Å². The number of carbonyl (C=O) groups excluding carboxylic acids is 2. The number of carbonyl (C=O) groups is 2. The number of nitro groups is 1. The van der Waals surface area contributed by atoms with Gasteiger partial charge >= 0.3 is 0 Å². The van der Waals surface area contributed by atoms with E-state index in [1.165, 1.54) is 16.9 Å². The van der Waals surface area contributed by atoms with Gasteiger partial charge in [-0.3, -0.25) is 19.7 Å². The van der Waals surface area contributed by atoms with Crippen molar-refractivity contribution >= 4 is 34.7 Å². The Bertz CT molecular complexity index is 1700. The molecule has 5 rings (SSSR count). The van der Waals surface area contributed by atoms with Crippen LogP contribution in [-0.2, 0) is 4.79 Å². The van der Waals surface area contributed by atoms with Crippen molar-refractivity contribution in [3.05, 3.63) is 122 Å². The van der Waals surface area contributed by atoms with Crippen molar-refractivity contribution in [3.8, 4) is 0 Å². The number of nitrogens with one attached hydrogen (secondary N) is 3. The number of allylic oxidation sites excluding steroid dienone is 1. The summed E-state index contributed by atoms with van der Waals surface area (Å²) >= 11 is 0. The molecule has 0 spiro atoms. The Balaban J connectivity index is 1.60. The van der Waals surface area contributed by atoms with Gasteiger partial charge in [0.25, 0.3) is 17.5 Å². The van der Waals surface area contributed by atoms with Crippen molar-refractivity contribution in [1.29, 1.82) is 0 Å². The molecule has 10 heteroatoms. The first-order valence-electron chi connectivity index (χ1n) is 12.7. The Morgan fingerprint density at radius 3 is 2.40 bits per heavy atom. The van der Waals surface area contributed by atoms with Crippen LogP contribution < -0.4 is 16.0 Å². The van der Waals surface area contributed by atoms with E-state index in [-0.39, 0.29) is 22.4 Å². The summed E-state index contributed by atoms with van der Waals surface area (Å²) in [7, 11) is 0. The molecule has 4 aromatic rings. The van der Waals surface area contributed by atoms with Crippen LogP contribution in [0.5, 0.6) is 0 Å². The molecular weight excluding hydrogens is 508 g/mol. The van der Waals surface area contributed by atoms with Crippen molar-refractivity contribution in [2.24, 2.45) is 0 Å². The highest BCUT2D eigenvalue weighted by Gasteiger charge is 2.38. The number of nitro benzene ring substituents is 1. The Kier molecular flexibility index (Phi) is 6.91. The molecule has 40 heavy (non-hydrogen) atoms. The maximum Gasteiger partial charge on any atom is 0.275 e. The number of amides is 2. The van der Waals surface area contributed by atoms with Gasteiger partial charge in [-0.2, -0.15) is 5.10 Å². The molecule has 3 aromatic carbocycles. The van der Waals surface area contributed by atoms with Crippen LogP contribution in [0.2, 0.25) is 0 Å². The number of fused-ring (bicyclic) bond motifs is 1. The van der Waals surface area contributed by atoms with E-state index in [0.717, 1.165) is 16.7 Å². The number of aryl methyl sites for hydroxylation is 3. The molecule has 2 heterocycles. The van der Waals surface area contributed by atoms with E-state index in [2.05, 4.69) is 21.0 Å². The van der Waals surface area contributed by atoms with Crippen molar-refractivity contribution < 1.29 is 14.5 Å². The first kappa shape index (κ1) is 26.4. The van der Waals surface area contributed by atoms with Crippen LogP contribution >= 0.6 is 0 Å². The number of hydrogen-bond acceptors (Lipinski definition) is 6. The molecule has 0 radical (unpaired) electrons. The molecule has 3 N–H and O–H groups in total. The summed E-state index contributed by atoms with van der Waals surface area (Å²) in [6, 6.07) is 18.3. The highest BCUT2D eigenvalue weighted by molar-refractivity contribution is 6.09. The molecule has 2 amide bonds. The molecule has 1 aliphatic heterocycles. The summed E-state index contributed by atoms with van der Waals surface area (Å²) in [6.45, 7) is 7.49. The zero-order valence-corrected chi connectivity index (χ0v) is 22.5. The quantitative estimate of drug-likeness (QED) is 0.208. The smallest absolute Gasteiger partial charge is 0.275 e. The summed E-state index contributed by atoms with van der Waals surface area (Å²) in [5.41, 5.74) is 5.21. The Labute approximate surface area is 230 Å². The average molecular weight is 537 g/mol. The van der Waals surface area contributed by atoms with Crippen molar-refractivity contribution in [3.63, 3.8) is 0 Å². The van der Waals surface area contributed by atoms with Crippen LogP contribution in [0.3, 0.4) is 0 Å². The normalized spacial score (nSPS) is 14.2. The van der Waals surface area contributed by atoms with Gasteiger partial charge in [-0.25, -0.2) is 4.68 Å². The SMILES string of the molecule is CC1=C(C(=O)Nc2ccc(C)cc2C)[C@H](c2ccccc2[N+](=O)[O-])n2ncc(C(=O)Nc3cccc(C)c3)c2N1. The second-order valence-electron chi connectivity index (χ2n) is 9.83. The lowest BCUT2D eigenvalue weighted by molar-refractivity contribution is -0.385. The highest BCUT2D eigenvalue weighted by Crippen LogP contribution is 2.41. The van der Waals surface area contributed by atoms with Gasteiger partial charge in [0.1, 0.15) is 17.4 Å². The van der Waals surface area contributed by atoms with Gasteiger partial charge in [0.05, 0.1) is 22.3 Å². The maximum absolute atomic E-state index is 13.8. The molecule has 1 aliphatic rings. The lowest BCUT2D eigenvalue weighted by atomic mass is 9.93. The fourth-order valence-electron chi connectivity index (χ4n) is 4.95. The molecule has 1 atom stereocenters. The number of nitrogens with zero attached hydrogens (tertiary/aromatic N) is 3. The van der Waals surface area contributed by atoms with Gasteiger partial charge < -0.3 is 16.0 Å². The molecule has 0 bridgehead atoms. The molecule has 1 aromatic heterocycles. The van der Waals surface area contributed by atoms with Crippen molar-refractivity contribution in [2.45, 2.75) is 33.7 Å². The van der Waals surface area contributed by atoms with E-state index in [1.807, 2.05) is 57.2 Å². The highest BCUT2D eigenvalue weighted by atomic mass is 16.6. The number of para-hydroxylation sites is 1. The van der Waals surface area contributed by atoms with Crippen LogP contribution in [0, 0.1) is 30.9 Å². The largest absolute Gasteiger partial charge is 0.343 e. The van der Waals surface area contributed by atoms with Crippen LogP contribution in [-0.4, -0.2) is 26.5 Å². The first-order chi connectivity index (χ1) is 19.1. The average Bonchev–Trinajstić information content (AvgIpc) is 3.33. The van der Waals surface area contributed by atoms with Gasteiger partial charge in [-0.05, 0) is 63.1 Å². The third-order valence-corrected chi connectivity index (χ3v) is 6.85. The fraction of sp³-hybridized carbons (Fsp3) is 0.167. The summed E-state index contributed by atoms with van der Waals surface area (Å²) in [4.78, 5) is 38.6. The van der Waals surface area contributed by atoms with Gasteiger partial charge in [-0.1, -0.05) is 42.0 Å². The van der Waals surface area contributed by atoms with Crippen LogP contribution in [0.4, 0.5) is 22.9 Å². The Morgan fingerprint density at radius 1 is 0.925 bits per heavy atom. The standard InChI is InChI=1S/C30H28N6O4/c1-17-8-7-9-21(15-17)33-29(37)23-16-31-35-27(22-10-5-6-11-25(22)36(39)40)26(20(4)32-28(23)35)30(38)34-24-13-12-18(2)14-19(24)3/h5-16,27,32H,1-4H3,(H,33,37)(H,34,38)/t27-/m0/s1. The van der Waals surface area contributed by atoms with E-state index < -0.39 is 22.8 Å².